The maximum Gasteiger partial charge on any atom is 0.274 e. The molecule has 0 saturated carbocycles. The number of carbonyl (C=O) groups is 1. The maximum absolute atomic E-state index is 12.6. The molecule has 122 valence electrons. The lowest BCUT2D eigenvalue weighted by atomic mass is 10.1. The van der Waals surface area contributed by atoms with Gasteiger partial charge in [-0.25, -0.2) is 4.68 Å². The van der Waals surface area contributed by atoms with Crippen LogP contribution in [-0.4, -0.2) is 49.4 Å². The Morgan fingerprint density at radius 2 is 1.65 bits per heavy atom. The summed E-state index contributed by atoms with van der Waals surface area (Å²) in [5.74, 6) is 1.04. The Labute approximate surface area is 138 Å². The average Bonchev–Trinajstić information content (AvgIpc) is 2.88. The van der Waals surface area contributed by atoms with Gasteiger partial charge in [-0.3, -0.25) is 9.00 Å². The van der Waals surface area contributed by atoms with Crippen LogP contribution in [0.15, 0.2) is 24.3 Å². The molecule has 1 aromatic carbocycles. The Morgan fingerprint density at radius 1 is 1.04 bits per heavy atom. The van der Waals surface area contributed by atoms with Crippen molar-refractivity contribution in [3.05, 3.63) is 46.8 Å². The first-order valence-corrected chi connectivity index (χ1v) is 9.22. The lowest BCUT2D eigenvalue weighted by Crippen LogP contribution is -2.42. The van der Waals surface area contributed by atoms with Gasteiger partial charge >= 0.3 is 0 Å². The normalized spacial score (nSPS) is 15.9. The smallest absolute Gasteiger partial charge is 0.274 e. The molecule has 1 aromatic heterocycles. The Hall–Kier alpha value is -1.95. The van der Waals surface area contributed by atoms with Gasteiger partial charge in [-0.1, -0.05) is 6.07 Å². The third-order valence-electron chi connectivity index (χ3n) is 4.02. The summed E-state index contributed by atoms with van der Waals surface area (Å²) in [7, 11) is -0.788. The molecule has 0 N–H and O–H groups in total. The van der Waals surface area contributed by atoms with Crippen molar-refractivity contribution in [1.82, 2.24) is 14.7 Å². The highest BCUT2D eigenvalue weighted by Crippen LogP contribution is 2.17. The predicted octanol–water partition coefficient (Wildman–Crippen LogP) is 2.00. The van der Waals surface area contributed by atoms with Crippen LogP contribution in [0.3, 0.4) is 0 Å². The van der Waals surface area contributed by atoms with Crippen LogP contribution in [0.4, 0.5) is 0 Å². The molecular formula is C17H21N3O2S. The molecule has 3 rings (SSSR count). The topological polar surface area (TPSA) is 55.2 Å². The summed E-state index contributed by atoms with van der Waals surface area (Å²) < 4.78 is 13.2. The molecule has 1 saturated heterocycles. The number of amides is 1. The second-order valence-electron chi connectivity index (χ2n) is 6.07. The van der Waals surface area contributed by atoms with Gasteiger partial charge in [-0.05, 0) is 50.1 Å². The summed E-state index contributed by atoms with van der Waals surface area (Å²) in [6, 6.07) is 8.06. The molecule has 1 amide bonds. The molecule has 0 aliphatic carbocycles. The van der Waals surface area contributed by atoms with Crippen molar-refractivity contribution in [2.24, 2.45) is 0 Å². The monoisotopic (exact) mass is 331 g/mol. The highest BCUT2D eigenvalue weighted by molar-refractivity contribution is 7.85. The highest BCUT2D eigenvalue weighted by atomic mass is 32.2. The van der Waals surface area contributed by atoms with E-state index in [9.17, 15) is 9.00 Å². The molecule has 0 unspecified atom stereocenters. The van der Waals surface area contributed by atoms with Gasteiger partial charge in [0.1, 0.15) is 0 Å². The minimum Gasteiger partial charge on any atom is -0.335 e. The van der Waals surface area contributed by atoms with Crippen molar-refractivity contribution in [2.45, 2.75) is 20.8 Å². The van der Waals surface area contributed by atoms with Crippen molar-refractivity contribution in [3.8, 4) is 5.69 Å². The zero-order valence-corrected chi connectivity index (χ0v) is 14.5. The van der Waals surface area contributed by atoms with Gasteiger partial charge in [-0.2, -0.15) is 5.10 Å². The standard InChI is InChI=1S/C17H21N3O2S/c1-12-8-13(2)10-15(9-12)20-14(3)11-16(18-20)17(21)19-4-6-23(22)7-5-19/h8-11H,4-7H2,1-3H3. The predicted molar refractivity (Wildman–Crippen MR) is 91.6 cm³/mol. The zero-order valence-electron chi connectivity index (χ0n) is 13.7. The van der Waals surface area contributed by atoms with Crippen LogP contribution in [0.5, 0.6) is 0 Å². The molecule has 1 aliphatic heterocycles. The zero-order chi connectivity index (χ0) is 16.6. The second-order valence-corrected chi connectivity index (χ2v) is 7.77. The van der Waals surface area contributed by atoms with Crippen LogP contribution in [-0.2, 0) is 10.8 Å². The summed E-state index contributed by atoms with van der Waals surface area (Å²) in [4.78, 5) is 14.3. The van der Waals surface area contributed by atoms with E-state index in [-0.39, 0.29) is 5.91 Å². The van der Waals surface area contributed by atoms with Gasteiger partial charge in [0.2, 0.25) is 0 Å². The highest BCUT2D eigenvalue weighted by Gasteiger charge is 2.23. The third kappa shape index (κ3) is 3.37. The molecule has 0 spiro atoms. The van der Waals surface area contributed by atoms with E-state index in [2.05, 4.69) is 37.1 Å². The molecule has 5 nitrogen and oxygen atoms in total. The second kappa shape index (κ2) is 6.28. The van der Waals surface area contributed by atoms with E-state index in [1.807, 2.05) is 17.7 Å². The molecular weight excluding hydrogens is 310 g/mol. The van der Waals surface area contributed by atoms with Crippen molar-refractivity contribution in [1.29, 1.82) is 0 Å². The quantitative estimate of drug-likeness (QED) is 0.846. The summed E-state index contributed by atoms with van der Waals surface area (Å²) in [5.41, 5.74) is 4.69. The van der Waals surface area contributed by atoms with Crippen LogP contribution in [0.25, 0.3) is 5.69 Å². The van der Waals surface area contributed by atoms with Crippen molar-refractivity contribution in [3.63, 3.8) is 0 Å². The number of benzene rings is 1. The SMILES string of the molecule is Cc1cc(C)cc(-n2nc(C(=O)N3CCS(=O)CC3)cc2C)c1. The van der Waals surface area contributed by atoms with Crippen LogP contribution in [0.2, 0.25) is 0 Å². The Morgan fingerprint density at radius 3 is 2.26 bits per heavy atom. The Balaban J connectivity index is 1.88. The van der Waals surface area contributed by atoms with Crippen LogP contribution >= 0.6 is 0 Å². The van der Waals surface area contributed by atoms with E-state index >= 15 is 0 Å². The van der Waals surface area contributed by atoms with Crippen LogP contribution < -0.4 is 0 Å². The first-order chi connectivity index (χ1) is 10.9. The number of carbonyl (C=O) groups excluding carboxylic acids is 1. The number of rotatable bonds is 2. The number of aromatic nitrogens is 2. The Kier molecular flexibility index (Phi) is 4.35. The van der Waals surface area contributed by atoms with E-state index in [0.29, 0.717) is 30.3 Å². The van der Waals surface area contributed by atoms with Gasteiger partial charge in [-0.15, -0.1) is 0 Å². The molecule has 0 radical (unpaired) electrons. The fraction of sp³-hybridized carbons (Fsp3) is 0.412. The largest absolute Gasteiger partial charge is 0.335 e. The molecule has 1 fully saturated rings. The number of hydrogen-bond donors (Lipinski definition) is 0. The average molecular weight is 331 g/mol. The first kappa shape index (κ1) is 15.9. The fourth-order valence-corrected chi connectivity index (χ4v) is 3.97. The molecule has 6 heteroatoms. The minimum atomic E-state index is -0.788. The summed E-state index contributed by atoms with van der Waals surface area (Å²) in [6.45, 7) is 7.14. The lowest BCUT2D eigenvalue weighted by molar-refractivity contribution is 0.0765. The van der Waals surface area contributed by atoms with Gasteiger partial charge in [0, 0.05) is 41.1 Å². The Bertz CT molecular complexity index is 752. The number of nitrogens with zero attached hydrogens (tertiary/aromatic N) is 3. The first-order valence-electron chi connectivity index (χ1n) is 7.73. The molecule has 0 atom stereocenters. The van der Waals surface area contributed by atoms with Gasteiger partial charge in [0.15, 0.2) is 5.69 Å². The van der Waals surface area contributed by atoms with E-state index in [1.165, 1.54) is 11.1 Å². The summed E-state index contributed by atoms with van der Waals surface area (Å²) in [5, 5.41) is 4.51. The van der Waals surface area contributed by atoms with Crippen molar-refractivity contribution in [2.75, 3.05) is 24.6 Å². The maximum atomic E-state index is 12.6. The van der Waals surface area contributed by atoms with E-state index in [0.717, 1.165) is 11.4 Å². The number of hydrogen-bond acceptors (Lipinski definition) is 3. The van der Waals surface area contributed by atoms with Crippen LogP contribution in [0, 0.1) is 20.8 Å². The summed E-state index contributed by atoms with van der Waals surface area (Å²) >= 11 is 0. The van der Waals surface area contributed by atoms with Gasteiger partial charge in [0.05, 0.1) is 5.69 Å². The summed E-state index contributed by atoms with van der Waals surface area (Å²) in [6.07, 6.45) is 0. The number of aryl methyl sites for hydroxylation is 3. The minimum absolute atomic E-state index is 0.0760. The molecule has 2 aromatic rings. The van der Waals surface area contributed by atoms with E-state index in [1.54, 1.807) is 4.90 Å². The molecule has 23 heavy (non-hydrogen) atoms. The molecule has 1 aliphatic rings. The van der Waals surface area contributed by atoms with E-state index in [4.69, 9.17) is 0 Å². The molecule has 0 bridgehead atoms. The molecule has 2 heterocycles. The third-order valence-corrected chi connectivity index (χ3v) is 5.30. The van der Waals surface area contributed by atoms with Crippen molar-refractivity contribution >= 4 is 16.7 Å². The van der Waals surface area contributed by atoms with Gasteiger partial charge in [0.25, 0.3) is 5.91 Å². The van der Waals surface area contributed by atoms with Gasteiger partial charge < -0.3 is 4.90 Å². The van der Waals surface area contributed by atoms with Crippen molar-refractivity contribution < 1.29 is 9.00 Å². The lowest BCUT2D eigenvalue weighted by Gasteiger charge is -2.25. The van der Waals surface area contributed by atoms with E-state index < -0.39 is 10.8 Å². The van der Waals surface area contributed by atoms with Crippen LogP contribution in [0.1, 0.15) is 27.3 Å². The fourth-order valence-electron chi connectivity index (χ4n) is 2.92.